The van der Waals surface area contributed by atoms with Gasteiger partial charge in [0.25, 0.3) is 0 Å². The van der Waals surface area contributed by atoms with Crippen molar-refractivity contribution in [3.05, 3.63) is 22.8 Å². The van der Waals surface area contributed by atoms with Crippen LogP contribution in [-0.4, -0.2) is 56.9 Å². The molecular weight excluding hydrogens is 510 g/mol. The van der Waals surface area contributed by atoms with Gasteiger partial charge in [0, 0.05) is 52.1 Å². The van der Waals surface area contributed by atoms with Crippen molar-refractivity contribution in [2.24, 2.45) is 4.99 Å². The second-order valence-corrected chi connectivity index (χ2v) is 6.62. The van der Waals surface area contributed by atoms with E-state index in [2.05, 4.69) is 20.6 Å². The minimum atomic E-state index is -4.45. The van der Waals surface area contributed by atoms with Gasteiger partial charge in [-0.25, -0.2) is 4.98 Å². The van der Waals surface area contributed by atoms with Crippen molar-refractivity contribution in [2.75, 3.05) is 44.8 Å². The Kier molecular flexibility index (Phi) is 10.6. The molecule has 1 fully saturated rings. The van der Waals surface area contributed by atoms with E-state index in [9.17, 15) is 13.2 Å². The van der Waals surface area contributed by atoms with Gasteiger partial charge < -0.3 is 20.3 Å². The molecule has 6 nitrogen and oxygen atoms in total. The SMILES string of the molecule is CCNC(=NCCCOC)NC1CCN(c2ncc(C(F)(F)F)cc2Cl)C1.I. The molecule has 1 aliphatic rings. The molecule has 160 valence electrons. The number of guanidine groups is 1. The van der Waals surface area contributed by atoms with E-state index >= 15 is 0 Å². The Morgan fingerprint density at radius 3 is 2.82 bits per heavy atom. The topological polar surface area (TPSA) is 61.8 Å². The number of nitrogens with one attached hydrogen (secondary N) is 2. The highest BCUT2D eigenvalue weighted by Gasteiger charge is 2.33. The summed E-state index contributed by atoms with van der Waals surface area (Å²) in [5.74, 6) is 1.09. The second-order valence-electron chi connectivity index (χ2n) is 6.21. The van der Waals surface area contributed by atoms with Crippen LogP contribution >= 0.6 is 35.6 Å². The van der Waals surface area contributed by atoms with Crippen LogP contribution in [0.5, 0.6) is 0 Å². The van der Waals surface area contributed by atoms with Crippen molar-refractivity contribution in [1.82, 2.24) is 15.6 Å². The smallest absolute Gasteiger partial charge is 0.385 e. The summed E-state index contributed by atoms with van der Waals surface area (Å²) in [6.45, 7) is 5.25. The molecule has 1 unspecified atom stereocenters. The summed E-state index contributed by atoms with van der Waals surface area (Å²) < 4.78 is 43.3. The lowest BCUT2D eigenvalue weighted by molar-refractivity contribution is -0.137. The molecule has 0 amide bonds. The van der Waals surface area contributed by atoms with Gasteiger partial charge in [-0.15, -0.1) is 24.0 Å². The van der Waals surface area contributed by atoms with Crippen molar-refractivity contribution in [2.45, 2.75) is 32.0 Å². The summed E-state index contributed by atoms with van der Waals surface area (Å²) in [5, 5.41) is 6.55. The molecule has 1 aliphatic heterocycles. The summed E-state index contributed by atoms with van der Waals surface area (Å²) in [6.07, 6.45) is -2.00. The molecule has 2 rings (SSSR count). The Balaban J connectivity index is 0.00000392. The number of halogens is 5. The Hall–Kier alpha value is -1.01. The third-order valence-corrected chi connectivity index (χ3v) is 4.38. The largest absolute Gasteiger partial charge is 0.417 e. The average Bonchev–Trinajstić information content (AvgIpc) is 3.06. The summed E-state index contributed by atoms with van der Waals surface area (Å²) in [7, 11) is 1.65. The minimum Gasteiger partial charge on any atom is -0.385 e. The van der Waals surface area contributed by atoms with Crippen LogP contribution in [0.4, 0.5) is 19.0 Å². The van der Waals surface area contributed by atoms with Crippen LogP contribution in [0.1, 0.15) is 25.3 Å². The normalized spacial score (nSPS) is 17.4. The lowest BCUT2D eigenvalue weighted by Crippen LogP contribution is -2.44. The molecule has 1 aromatic rings. The number of rotatable bonds is 7. The van der Waals surface area contributed by atoms with Crippen LogP contribution in [0.2, 0.25) is 5.02 Å². The fourth-order valence-corrected chi connectivity index (χ4v) is 3.09. The third-order valence-electron chi connectivity index (χ3n) is 4.10. The maximum absolute atomic E-state index is 12.8. The molecule has 0 aliphatic carbocycles. The number of hydrogen-bond acceptors (Lipinski definition) is 4. The van der Waals surface area contributed by atoms with E-state index in [1.165, 1.54) is 0 Å². The predicted molar refractivity (Wildman–Crippen MR) is 116 cm³/mol. The molecule has 0 saturated carbocycles. The molecule has 0 bridgehead atoms. The zero-order valence-corrected chi connectivity index (χ0v) is 18.9. The van der Waals surface area contributed by atoms with Gasteiger partial charge in [0.2, 0.25) is 0 Å². The van der Waals surface area contributed by atoms with E-state index < -0.39 is 11.7 Å². The predicted octanol–water partition coefficient (Wildman–Crippen LogP) is 3.54. The standard InChI is InChI=1S/C17H25ClF3N5O.HI/c1-3-22-16(23-6-4-8-27-2)25-13-5-7-26(11-13)15-14(18)9-12(10-24-15)17(19,20)21;/h9-10,13H,3-8,11H2,1-2H3,(H2,22,23,25);1H. The number of aromatic nitrogens is 1. The molecule has 1 aromatic heterocycles. The number of anilines is 1. The molecule has 28 heavy (non-hydrogen) atoms. The number of alkyl halides is 3. The summed E-state index contributed by atoms with van der Waals surface area (Å²) in [6, 6.07) is 1.02. The Bertz CT molecular complexity index is 648. The number of pyridine rings is 1. The van der Waals surface area contributed by atoms with Crippen molar-refractivity contribution in [3.63, 3.8) is 0 Å². The maximum Gasteiger partial charge on any atom is 0.417 e. The van der Waals surface area contributed by atoms with Gasteiger partial charge in [-0.3, -0.25) is 4.99 Å². The van der Waals surface area contributed by atoms with Gasteiger partial charge in [0.15, 0.2) is 5.96 Å². The first kappa shape index (κ1) is 25.0. The lowest BCUT2D eigenvalue weighted by Gasteiger charge is -2.21. The minimum absolute atomic E-state index is 0. The van der Waals surface area contributed by atoms with E-state index in [1.807, 2.05) is 11.8 Å². The van der Waals surface area contributed by atoms with E-state index in [0.29, 0.717) is 38.0 Å². The molecule has 0 aromatic carbocycles. The molecular formula is C17H26ClF3IN5O. The van der Waals surface area contributed by atoms with Crippen molar-refractivity contribution in [3.8, 4) is 0 Å². The van der Waals surface area contributed by atoms with Crippen LogP contribution in [0.15, 0.2) is 17.3 Å². The van der Waals surface area contributed by atoms with Crippen molar-refractivity contribution in [1.29, 1.82) is 0 Å². The highest BCUT2D eigenvalue weighted by atomic mass is 127. The van der Waals surface area contributed by atoms with Crippen LogP contribution < -0.4 is 15.5 Å². The van der Waals surface area contributed by atoms with Crippen LogP contribution in [0.3, 0.4) is 0 Å². The lowest BCUT2D eigenvalue weighted by atomic mass is 10.2. The Labute approximate surface area is 185 Å². The van der Waals surface area contributed by atoms with Gasteiger partial charge in [0.05, 0.1) is 10.6 Å². The fourth-order valence-electron chi connectivity index (χ4n) is 2.80. The highest BCUT2D eigenvalue weighted by Crippen LogP contribution is 2.34. The van der Waals surface area contributed by atoms with Gasteiger partial charge in [0.1, 0.15) is 5.82 Å². The number of nitrogens with zero attached hydrogens (tertiary/aromatic N) is 3. The van der Waals surface area contributed by atoms with Crippen molar-refractivity contribution >= 4 is 47.4 Å². The van der Waals surface area contributed by atoms with Gasteiger partial charge in [-0.2, -0.15) is 13.2 Å². The molecule has 1 saturated heterocycles. The second kappa shape index (κ2) is 11.9. The van der Waals surface area contributed by atoms with Gasteiger partial charge in [-0.05, 0) is 25.8 Å². The molecule has 2 heterocycles. The number of aliphatic imine (C=N–C) groups is 1. The van der Waals surface area contributed by atoms with Crippen molar-refractivity contribution < 1.29 is 17.9 Å². The Morgan fingerprint density at radius 2 is 2.21 bits per heavy atom. The summed E-state index contributed by atoms with van der Waals surface area (Å²) in [4.78, 5) is 10.3. The molecule has 2 N–H and O–H groups in total. The first-order valence-electron chi connectivity index (χ1n) is 8.86. The van der Waals surface area contributed by atoms with Gasteiger partial charge >= 0.3 is 6.18 Å². The van der Waals surface area contributed by atoms with E-state index in [0.717, 1.165) is 31.6 Å². The molecule has 0 spiro atoms. The van der Waals surface area contributed by atoms with E-state index in [-0.39, 0.29) is 35.0 Å². The van der Waals surface area contributed by atoms with E-state index in [1.54, 1.807) is 7.11 Å². The molecule has 11 heteroatoms. The Morgan fingerprint density at radius 1 is 1.46 bits per heavy atom. The maximum atomic E-state index is 12.8. The zero-order valence-electron chi connectivity index (χ0n) is 15.9. The van der Waals surface area contributed by atoms with Crippen LogP contribution in [0.25, 0.3) is 0 Å². The van der Waals surface area contributed by atoms with Crippen LogP contribution in [0, 0.1) is 0 Å². The van der Waals surface area contributed by atoms with E-state index in [4.69, 9.17) is 16.3 Å². The number of hydrogen-bond donors (Lipinski definition) is 2. The monoisotopic (exact) mass is 535 g/mol. The number of ether oxygens (including phenoxy) is 1. The quantitative estimate of drug-likeness (QED) is 0.242. The third kappa shape index (κ3) is 7.43. The first-order valence-corrected chi connectivity index (χ1v) is 9.24. The summed E-state index contributed by atoms with van der Waals surface area (Å²) in [5.41, 5.74) is -0.845. The molecule has 0 radical (unpaired) electrons. The average molecular weight is 536 g/mol. The first-order chi connectivity index (χ1) is 12.8. The fraction of sp³-hybridized carbons (Fsp3) is 0.647. The zero-order chi connectivity index (χ0) is 19.9. The number of methoxy groups -OCH3 is 1. The van der Waals surface area contributed by atoms with Gasteiger partial charge in [-0.1, -0.05) is 11.6 Å². The summed E-state index contributed by atoms with van der Waals surface area (Å²) >= 11 is 6.04. The highest BCUT2D eigenvalue weighted by molar-refractivity contribution is 14.0. The van der Waals surface area contributed by atoms with Crippen LogP contribution in [-0.2, 0) is 10.9 Å². The molecule has 1 atom stereocenters.